The van der Waals surface area contributed by atoms with E-state index in [1.54, 1.807) is 36.4 Å². The van der Waals surface area contributed by atoms with Crippen LogP contribution < -0.4 is 4.90 Å². The number of halogens is 1. The zero-order valence-corrected chi connectivity index (χ0v) is 15.9. The van der Waals surface area contributed by atoms with Gasteiger partial charge in [0.15, 0.2) is 11.5 Å². The van der Waals surface area contributed by atoms with Crippen LogP contribution in [0.25, 0.3) is 6.08 Å². The molecule has 1 aliphatic heterocycles. The Morgan fingerprint density at radius 2 is 1.50 bits per heavy atom. The molecule has 148 valence electrons. The lowest BCUT2D eigenvalue weighted by molar-refractivity contribution is -0.117. The Morgan fingerprint density at radius 1 is 0.900 bits per heavy atom. The number of hydrogen-bond acceptors (Lipinski definition) is 3. The second-order valence-electron chi connectivity index (χ2n) is 6.84. The number of hydrogen-bond donors (Lipinski definition) is 1. The van der Waals surface area contributed by atoms with Gasteiger partial charge in [-0.3, -0.25) is 14.5 Å². The van der Waals surface area contributed by atoms with E-state index in [-0.39, 0.29) is 5.57 Å². The Balaban J connectivity index is 1.78. The standard InChI is InChI=1S/C25H18FNO3/c26-19-14-12-18(13-15-19)23-22(21(28)16-11-17-7-3-1-4-8-17)24(29)25(30)27(23)20-9-5-2-6-10-20/h1-16,23,29H/b16-11+/t23-/m1/s1. The van der Waals surface area contributed by atoms with E-state index in [2.05, 4.69) is 0 Å². The summed E-state index contributed by atoms with van der Waals surface area (Å²) in [7, 11) is 0. The van der Waals surface area contributed by atoms with Crippen molar-refractivity contribution in [3.8, 4) is 0 Å². The minimum absolute atomic E-state index is 0.0392. The molecule has 0 fully saturated rings. The number of benzene rings is 3. The van der Waals surface area contributed by atoms with Gasteiger partial charge in [-0.2, -0.15) is 0 Å². The Kier molecular flexibility index (Phi) is 5.26. The van der Waals surface area contributed by atoms with Crippen LogP contribution in [0.3, 0.4) is 0 Å². The number of amides is 1. The van der Waals surface area contributed by atoms with Gasteiger partial charge in [-0.15, -0.1) is 0 Å². The molecule has 1 N–H and O–H groups in total. The third kappa shape index (κ3) is 3.65. The number of aliphatic hydroxyl groups excluding tert-OH is 1. The van der Waals surface area contributed by atoms with Crippen molar-refractivity contribution >= 4 is 23.5 Å². The highest BCUT2D eigenvalue weighted by Gasteiger charge is 2.43. The molecule has 4 nitrogen and oxygen atoms in total. The van der Waals surface area contributed by atoms with E-state index in [1.807, 2.05) is 30.3 Å². The quantitative estimate of drug-likeness (QED) is 0.614. The minimum Gasteiger partial charge on any atom is -0.503 e. The van der Waals surface area contributed by atoms with E-state index in [4.69, 9.17) is 0 Å². The van der Waals surface area contributed by atoms with Gasteiger partial charge >= 0.3 is 0 Å². The number of rotatable bonds is 5. The Bertz CT molecular complexity index is 1140. The van der Waals surface area contributed by atoms with Crippen LogP contribution in [0, 0.1) is 5.82 Å². The van der Waals surface area contributed by atoms with E-state index >= 15 is 0 Å². The first kappa shape index (κ1) is 19.3. The first-order valence-corrected chi connectivity index (χ1v) is 9.41. The predicted octanol–water partition coefficient (Wildman–Crippen LogP) is 5.01. The van der Waals surface area contributed by atoms with E-state index in [1.165, 1.54) is 35.2 Å². The maximum absolute atomic E-state index is 13.5. The molecule has 0 bridgehead atoms. The summed E-state index contributed by atoms with van der Waals surface area (Å²) in [6.45, 7) is 0. The third-order valence-corrected chi connectivity index (χ3v) is 4.92. The van der Waals surface area contributed by atoms with Crippen LogP contribution in [-0.2, 0) is 9.59 Å². The molecule has 0 radical (unpaired) electrons. The molecule has 5 heteroatoms. The molecule has 0 saturated carbocycles. The molecule has 0 aromatic heterocycles. The fraction of sp³-hybridized carbons (Fsp3) is 0.0400. The van der Waals surface area contributed by atoms with Crippen LogP contribution in [0.15, 0.2) is 102 Å². The number of carbonyl (C=O) groups is 2. The highest BCUT2D eigenvalue weighted by Crippen LogP contribution is 2.41. The summed E-state index contributed by atoms with van der Waals surface area (Å²) in [4.78, 5) is 27.3. The van der Waals surface area contributed by atoms with E-state index in [0.717, 1.165) is 5.56 Å². The molecular weight excluding hydrogens is 381 g/mol. The topological polar surface area (TPSA) is 57.6 Å². The lowest BCUT2D eigenvalue weighted by Gasteiger charge is -2.26. The highest BCUT2D eigenvalue weighted by atomic mass is 19.1. The summed E-state index contributed by atoms with van der Waals surface area (Å²) in [6.07, 6.45) is 2.96. The van der Waals surface area contributed by atoms with Crippen LogP contribution in [0.2, 0.25) is 0 Å². The zero-order valence-electron chi connectivity index (χ0n) is 15.9. The largest absolute Gasteiger partial charge is 0.503 e. The number of carbonyl (C=O) groups excluding carboxylic acids is 2. The molecule has 1 amide bonds. The second-order valence-corrected chi connectivity index (χ2v) is 6.84. The number of anilines is 1. The summed E-state index contributed by atoms with van der Waals surface area (Å²) in [5, 5.41) is 10.6. The summed E-state index contributed by atoms with van der Waals surface area (Å²) < 4.78 is 13.5. The van der Waals surface area contributed by atoms with Gasteiger partial charge in [-0.25, -0.2) is 4.39 Å². The lowest BCUT2D eigenvalue weighted by atomic mass is 9.95. The summed E-state index contributed by atoms with van der Waals surface area (Å²) in [6, 6.07) is 22.7. The average molecular weight is 399 g/mol. The fourth-order valence-electron chi connectivity index (χ4n) is 3.50. The SMILES string of the molecule is O=C(/C=C/c1ccccc1)C1=C(O)C(=O)N(c2ccccc2)[C@@H]1c1ccc(F)cc1. The van der Waals surface area contributed by atoms with Gasteiger partial charge in [0.1, 0.15) is 5.82 Å². The molecular formula is C25H18FNO3. The number of aliphatic hydroxyl groups is 1. The van der Waals surface area contributed by atoms with Gasteiger partial charge < -0.3 is 5.11 Å². The van der Waals surface area contributed by atoms with Crippen molar-refractivity contribution in [2.45, 2.75) is 6.04 Å². The Labute approximate surface area is 173 Å². The Morgan fingerprint density at radius 3 is 2.13 bits per heavy atom. The van der Waals surface area contributed by atoms with E-state index in [9.17, 15) is 19.1 Å². The predicted molar refractivity (Wildman–Crippen MR) is 113 cm³/mol. The summed E-state index contributed by atoms with van der Waals surface area (Å²) in [5.74, 6) is -2.19. The number of para-hydroxylation sites is 1. The van der Waals surface area contributed by atoms with Crippen molar-refractivity contribution in [3.05, 3.63) is 119 Å². The molecule has 0 unspecified atom stereocenters. The second kappa shape index (κ2) is 8.17. The normalized spacial score (nSPS) is 16.5. The van der Waals surface area contributed by atoms with Gasteiger partial charge in [-0.1, -0.05) is 66.7 Å². The zero-order chi connectivity index (χ0) is 21.1. The van der Waals surface area contributed by atoms with Gasteiger partial charge in [-0.05, 0) is 41.5 Å². The van der Waals surface area contributed by atoms with Crippen LogP contribution in [0.5, 0.6) is 0 Å². The van der Waals surface area contributed by atoms with Crippen molar-refractivity contribution in [3.63, 3.8) is 0 Å². The number of nitrogens with zero attached hydrogens (tertiary/aromatic N) is 1. The first-order chi connectivity index (χ1) is 14.6. The van der Waals surface area contributed by atoms with Gasteiger partial charge in [0.2, 0.25) is 0 Å². The molecule has 4 rings (SSSR count). The van der Waals surface area contributed by atoms with Crippen molar-refractivity contribution in [2.75, 3.05) is 4.90 Å². The van der Waals surface area contributed by atoms with Crippen LogP contribution in [-0.4, -0.2) is 16.8 Å². The third-order valence-electron chi connectivity index (χ3n) is 4.92. The van der Waals surface area contributed by atoms with E-state index < -0.39 is 29.3 Å². The molecule has 1 heterocycles. The maximum Gasteiger partial charge on any atom is 0.294 e. The summed E-state index contributed by atoms with van der Waals surface area (Å²) in [5.41, 5.74) is 1.82. The monoisotopic (exact) mass is 399 g/mol. The summed E-state index contributed by atoms with van der Waals surface area (Å²) >= 11 is 0. The highest BCUT2D eigenvalue weighted by molar-refractivity contribution is 6.19. The van der Waals surface area contributed by atoms with Crippen LogP contribution in [0.4, 0.5) is 10.1 Å². The van der Waals surface area contributed by atoms with Crippen LogP contribution >= 0.6 is 0 Å². The molecule has 1 atom stereocenters. The van der Waals surface area contributed by atoms with Crippen molar-refractivity contribution in [1.82, 2.24) is 0 Å². The van der Waals surface area contributed by atoms with E-state index in [0.29, 0.717) is 11.3 Å². The first-order valence-electron chi connectivity index (χ1n) is 9.41. The average Bonchev–Trinajstić information content (AvgIpc) is 3.04. The van der Waals surface area contributed by atoms with Crippen LogP contribution in [0.1, 0.15) is 17.2 Å². The van der Waals surface area contributed by atoms with Crippen molar-refractivity contribution in [1.29, 1.82) is 0 Å². The smallest absolute Gasteiger partial charge is 0.294 e. The fourth-order valence-corrected chi connectivity index (χ4v) is 3.50. The number of ketones is 1. The van der Waals surface area contributed by atoms with Gasteiger partial charge in [0.25, 0.3) is 5.91 Å². The maximum atomic E-state index is 13.5. The van der Waals surface area contributed by atoms with Gasteiger partial charge in [0.05, 0.1) is 11.6 Å². The van der Waals surface area contributed by atoms with Gasteiger partial charge in [0, 0.05) is 5.69 Å². The number of allylic oxidation sites excluding steroid dienone is 1. The van der Waals surface area contributed by atoms with Crippen molar-refractivity contribution in [2.24, 2.45) is 0 Å². The minimum atomic E-state index is -0.867. The molecule has 0 saturated heterocycles. The molecule has 30 heavy (non-hydrogen) atoms. The molecule has 3 aromatic rings. The molecule has 3 aromatic carbocycles. The molecule has 0 aliphatic carbocycles. The molecule has 1 aliphatic rings. The van der Waals surface area contributed by atoms with Crippen molar-refractivity contribution < 1.29 is 19.1 Å². The molecule has 0 spiro atoms. The lowest BCUT2D eigenvalue weighted by Crippen LogP contribution is -2.30. The Hall–Kier alpha value is -3.99.